The topological polar surface area (TPSA) is 18.5 Å². The number of hydrogen-bond acceptors (Lipinski definition) is 2. The van der Waals surface area contributed by atoms with E-state index in [1.54, 1.807) is 0 Å². The fraction of sp³-hybridized carbons (Fsp3) is 0.333. The Morgan fingerprint density at radius 1 is 1.42 bits per heavy atom. The van der Waals surface area contributed by atoms with E-state index in [9.17, 15) is 0 Å². The highest BCUT2D eigenvalue weighted by Crippen LogP contribution is 2.15. The van der Waals surface area contributed by atoms with Crippen molar-refractivity contribution in [3.8, 4) is 5.75 Å². The molecule has 1 heterocycles. The number of rotatable bonds is 2. The zero-order valence-corrected chi connectivity index (χ0v) is 7.17. The Balaban J connectivity index is 2.36. The molecule has 1 aliphatic heterocycles. The smallest absolute Gasteiger partial charge is 0.354 e. The van der Waals surface area contributed by atoms with Crippen molar-refractivity contribution in [2.75, 3.05) is 0 Å². The lowest BCUT2D eigenvalue weighted by molar-refractivity contribution is -0.0860. The van der Waals surface area contributed by atoms with Crippen LogP contribution in [0.15, 0.2) is 18.2 Å². The maximum absolute atomic E-state index is 4.99. The van der Waals surface area contributed by atoms with Crippen LogP contribution in [0.25, 0.3) is 0 Å². The Kier molecular flexibility index (Phi) is 2.04. The van der Waals surface area contributed by atoms with Gasteiger partial charge in [-0.1, -0.05) is 25.5 Å². The van der Waals surface area contributed by atoms with Crippen molar-refractivity contribution in [3.63, 3.8) is 0 Å². The molecule has 0 radical (unpaired) electrons. The fourth-order valence-electron chi connectivity index (χ4n) is 1.51. The summed E-state index contributed by atoms with van der Waals surface area (Å²) in [6.45, 7) is 2.18. The molecule has 0 N–H and O–H groups in total. The average molecular weight is 162 g/mol. The van der Waals surface area contributed by atoms with Gasteiger partial charge in [0, 0.05) is 5.46 Å². The minimum atomic E-state index is 0.603. The molecule has 0 saturated carbocycles. The van der Waals surface area contributed by atoms with E-state index in [4.69, 9.17) is 9.69 Å². The first-order valence-corrected chi connectivity index (χ1v) is 4.32. The van der Waals surface area contributed by atoms with Crippen LogP contribution in [0, 0.1) is 0 Å². The molecule has 3 heteroatoms. The van der Waals surface area contributed by atoms with Crippen LogP contribution in [0.2, 0.25) is 0 Å². The summed E-state index contributed by atoms with van der Waals surface area (Å²) in [6, 6.07) is 6.10. The minimum Gasteiger partial charge on any atom is -0.354 e. The molecule has 62 valence electrons. The normalized spacial score (nSPS) is 13.4. The van der Waals surface area contributed by atoms with Gasteiger partial charge in [-0.05, 0) is 18.1 Å². The molecule has 1 aromatic carbocycles. The van der Waals surface area contributed by atoms with Crippen molar-refractivity contribution in [2.24, 2.45) is 0 Å². The lowest BCUT2D eigenvalue weighted by Crippen LogP contribution is -2.14. The summed E-state index contributed by atoms with van der Waals surface area (Å²) < 4.78 is 0. The molecule has 0 aliphatic carbocycles. The number of hydrogen-bond donors (Lipinski definition) is 0. The van der Waals surface area contributed by atoms with Gasteiger partial charge in [-0.2, -0.15) is 0 Å². The third-order valence-electron chi connectivity index (χ3n) is 2.10. The molecule has 1 aliphatic rings. The molecular formula is C9H11BO2. The van der Waals surface area contributed by atoms with Crippen LogP contribution < -0.4 is 10.4 Å². The van der Waals surface area contributed by atoms with Gasteiger partial charge < -0.3 is 4.89 Å². The van der Waals surface area contributed by atoms with Gasteiger partial charge in [0.15, 0.2) is 5.75 Å². The monoisotopic (exact) mass is 162 g/mol. The van der Waals surface area contributed by atoms with Crippen LogP contribution in [0.4, 0.5) is 0 Å². The van der Waals surface area contributed by atoms with Crippen LogP contribution in [0.3, 0.4) is 0 Å². The lowest BCUT2D eigenvalue weighted by Gasteiger charge is -2.02. The quantitative estimate of drug-likeness (QED) is 0.475. The van der Waals surface area contributed by atoms with Gasteiger partial charge in [0.25, 0.3) is 0 Å². The number of aryl methyl sites for hydroxylation is 1. The molecule has 1 aromatic rings. The second-order valence-corrected chi connectivity index (χ2v) is 2.99. The zero-order chi connectivity index (χ0) is 8.39. The summed E-state index contributed by atoms with van der Waals surface area (Å²) in [5, 5.41) is 0. The van der Waals surface area contributed by atoms with Crippen molar-refractivity contribution in [2.45, 2.75) is 19.8 Å². The molecule has 0 saturated heterocycles. The molecule has 2 rings (SSSR count). The van der Waals surface area contributed by atoms with E-state index in [2.05, 4.69) is 13.0 Å². The molecule has 0 atom stereocenters. The number of fused-ring (bicyclic) bond motifs is 1. The minimum absolute atomic E-state index is 0.603. The van der Waals surface area contributed by atoms with Gasteiger partial charge in [-0.25, -0.2) is 0 Å². The summed E-state index contributed by atoms with van der Waals surface area (Å²) in [5.41, 5.74) is 2.58. The Morgan fingerprint density at radius 3 is 3.17 bits per heavy atom. The molecule has 12 heavy (non-hydrogen) atoms. The Labute approximate surface area is 72.7 Å². The fourth-order valence-corrected chi connectivity index (χ4v) is 1.51. The van der Waals surface area contributed by atoms with Crippen LogP contribution in [0.5, 0.6) is 5.75 Å². The third kappa shape index (κ3) is 1.20. The summed E-state index contributed by atoms with van der Waals surface area (Å²) in [7, 11) is 0.603. The first-order valence-electron chi connectivity index (χ1n) is 4.32. The number of benzene rings is 1. The molecule has 0 bridgehead atoms. The first kappa shape index (κ1) is 7.68. The van der Waals surface area contributed by atoms with Gasteiger partial charge in [0.2, 0.25) is 0 Å². The predicted molar refractivity (Wildman–Crippen MR) is 48.9 cm³/mol. The van der Waals surface area contributed by atoms with E-state index in [-0.39, 0.29) is 0 Å². The Hall–Kier alpha value is -0.955. The summed E-state index contributed by atoms with van der Waals surface area (Å²) >= 11 is 0. The van der Waals surface area contributed by atoms with Crippen LogP contribution in [-0.4, -0.2) is 7.48 Å². The predicted octanol–water partition coefficient (Wildman–Crippen LogP) is 0.940. The van der Waals surface area contributed by atoms with Gasteiger partial charge in [-0.3, -0.25) is 4.81 Å². The first-order chi connectivity index (χ1) is 5.92. The van der Waals surface area contributed by atoms with E-state index in [1.807, 2.05) is 12.1 Å². The SMILES string of the molecule is CCCc1cccc2c1BOO2. The zero-order valence-electron chi connectivity index (χ0n) is 7.17. The highest BCUT2D eigenvalue weighted by molar-refractivity contribution is 6.49. The molecule has 0 amide bonds. The largest absolute Gasteiger partial charge is 0.376 e. The molecule has 0 fully saturated rings. The molecule has 0 unspecified atom stereocenters. The second-order valence-electron chi connectivity index (χ2n) is 2.99. The molecular weight excluding hydrogens is 151 g/mol. The van der Waals surface area contributed by atoms with Gasteiger partial charge in [-0.15, -0.1) is 0 Å². The van der Waals surface area contributed by atoms with Gasteiger partial charge >= 0.3 is 7.48 Å². The van der Waals surface area contributed by atoms with E-state index < -0.39 is 0 Å². The van der Waals surface area contributed by atoms with E-state index >= 15 is 0 Å². The van der Waals surface area contributed by atoms with E-state index in [0.717, 1.165) is 18.6 Å². The highest BCUT2D eigenvalue weighted by Gasteiger charge is 2.18. The lowest BCUT2D eigenvalue weighted by atomic mass is 9.83. The molecule has 2 nitrogen and oxygen atoms in total. The van der Waals surface area contributed by atoms with Crippen molar-refractivity contribution >= 4 is 12.9 Å². The van der Waals surface area contributed by atoms with Crippen molar-refractivity contribution in [1.82, 2.24) is 0 Å². The molecule has 0 aromatic heterocycles. The summed E-state index contributed by atoms with van der Waals surface area (Å²) in [6.07, 6.45) is 2.27. The third-order valence-corrected chi connectivity index (χ3v) is 2.10. The van der Waals surface area contributed by atoms with Gasteiger partial charge in [0.1, 0.15) is 0 Å². The Morgan fingerprint density at radius 2 is 2.33 bits per heavy atom. The summed E-state index contributed by atoms with van der Waals surface area (Å²) in [5.74, 6) is 0.890. The molecule has 0 spiro atoms. The average Bonchev–Trinajstić information content (AvgIpc) is 2.53. The van der Waals surface area contributed by atoms with E-state index in [1.165, 1.54) is 11.0 Å². The van der Waals surface area contributed by atoms with E-state index in [0.29, 0.717) is 7.48 Å². The van der Waals surface area contributed by atoms with Crippen LogP contribution >= 0.6 is 0 Å². The van der Waals surface area contributed by atoms with Crippen LogP contribution in [-0.2, 0) is 11.2 Å². The highest BCUT2D eigenvalue weighted by atomic mass is 17.2. The maximum Gasteiger partial charge on any atom is 0.376 e. The second kappa shape index (κ2) is 3.19. The van der Waals surface area contributed by atoms with Crippen LogP contribution in [0.1, 0.15) is 18.9 Å². The maximum atomic E-state index is 4.99. The Bertz CT molecular complexity index is 286. The van der Waals surface area contributed by atoms with Crippen molar-refractivity contribution in [3.05, 3.63) is 23.8 Å². The van der Waals surface area contributed by atoms with Crippen molar-refractivity contribution in [1.29, 1.82) is 0 Å². The standard InChI is InChI=1S/C9H11BO2/c1-2-4-7-5-3-6-8-9(7)10-12-11-8/h3,5-6,10H,2,4H2,1H3. The van der Waals surface area contributed by atoms with Crippen molar-refractivity contribution < 1.29 is 9.69 Å². The van der Waals surface area contributed by atoms with Gasteiger partial charge in [0.05, 0.1) is 0 Å². The summed E-state index contributed by atoms with van der Waals surface area (Å²) in [4.78, 5) is 9.89.